The summed E-state index contributed by atoms with van der Waals surface area (Å²) in [6, 6.07) is 0. The molecule has 2 atom stereocenters. The predicted octanol–water partition coefficient (Wildman–Crippen LogP) is 5.72. The highest BCUT2D eigenvalue weighted by Crippen LogP contribution is 2.60. The molecule has 2 aliphatic carbocycles. The van der Waals surface area contributed by atoms with Crippen LogP contribution in [-0.2, 0) is 22.4 Å². The van der Waals surface area contributed by atoms with Gasteiger partial charge < -0.3 is 10.1 Å². The minimum absolute atomic E-state index is 0.0110. The number of nitrogens with one attached hydrogen (secondary N) is 1. The van der Waals surface area contributed by atoms with E-state index in [-0.39, 0.29) is 39.7 Å². The highest BCUT2D eigenvalue weighted by molar-refractivity contribution is 7.17. The van der Waals surface area contributed by atoms with Gasteiger partial charge in [0.2, 0.25) is 5.91 Å². The fraction of sp³-hybridized carbons (Fsp3) is 0.600. The number of thiophene rings is 1. The fourth-order valence-corrected chi connectivity index (χ4v) is 5.51. The number of hydrogen-bond donors (Lipinski definition) is 1. The Morgan fingerprint density at radius 2 is 1.93 bits per heavy atom. The molecule has 1 aromatic rings. The van der Waals surface area contributed by atoms with Crippen molar-refractivity contribution in [3.8, 4) is 0 Å². The highest BCUT2D eigenvalue weighted by atomic mass is 35.5. The molecular formula is C20H25Cl2NO3S. The first-order chi connectivity index (χ1) is 12.6. The third-order valence-corrected chi connectivity index (χ3v) is 6.91. The zero-order chi connectivity index (χ0) is 19.9. The zero-order valence-corrected chi connectivity index (χ0v) is 18.4. The first-order valence-electron chi connectivity index (χ1n) is 9.32. The number of carbonyl (C=O) groups is 2. The average molecular weight is 430 g/mol. The summed E-state index contributed by atoms with van der Waals surface area (Å²) in [6.45, 7) is 7.69. The van der Waals surface area contributed by atoms with Crippen molar-refractivity contribution >= 4 is 51.4 Å². The van der Waals surface area contributed by atoms with Crippen molar-refractivity contribution in [2.75, 3.05) is 5.32 Å². The van der Waals surface area contributed by atoms with Gasteiger partial charge in [0, 0.05) is 4.88 Å². The molecule has 148 valence electrons. The van der Waals surface area contributed by atoms with Crippen LogP contribution in [0.25, 0.3) is 0 Å². The van der Waals surface area contributed by atoms with Gasteiger partial charge in [0.25, 0.3) is 0 Å². The normalized spacial score (nSPS) is 22.8. The number of esters is 1. The van der Waals surface area contributed by atoms with Crippen molar-refractivity contribution in [1.29, 1.82) is 0 Å². The van der Waals surface area contributed by atoms with Gasteiger partial charge in [-0.15, -0.1) is 11.3 Å². The number of aryl methyl sites for hydroxylation is 1. The van der Waals surface area contributed by atoms with Crippen LogP contribution in [0.5, 0.6) is 0 Å². The molecule has 0 unspecified atom stereocenters. The summed E-state index contributed by atoms with van der Waals surface area (Å²) in [5.74, 6) is -0.690. The lowest BCUT2D eigenvalue weighted by Gasteiger charge is -2.14. The summed E-state index contributed by atoms with van der Waals surface area (Å²) in [7, 11) is 0. The van der Waals surface area contributed by atoms with Crippen molar-refractivity contribution in [3.63, 3.8) is 0 Å². The summed E-state index contributed by atoms with van der Waals surface area (Å²) in [6.07, 6.45) is 5.47. The SMILES string of the molecule is CC(C)OC(=O)c1c(NC(=O)[C@@H]2[C@H](C=C(Cl)Cl)C2(C)C)sc2c1CCCC2. The van der Waals surface area contributed by atoms with Crippen LogP contribution in [0.15, 0.2) is 10.6 Å². The predicted molar refractivity (Wildman–Crippen MR) is 111 cm³/mol. The summed E-state index contributed by atoms with van der Waals surface area (Å²) >= 11 is 13.1. The molecule has 0 aromatic carbocycles. The van der Waals surface area contributed by atoms with Crippen LogP contribution in [0.2, 0.25) is 0 Å². The number of carbonyl (C=O) groups excluding carboxylic acids is 2. The van der Waals surface area contributed by atoms with Crippen LogP contribution in [0.3, 0.4) is 0 Å². The summed E-state index contributed by atoms with van der Waals surface area (Å²) in [5, 5.41) is 3.62. The van der Waals surface area contributed by atoms with E-state index in [2.05, 4.69) is 5.32 Å². The maximum atomic E-state index is 12.9. The number of fused-ring (bicyclic) bond motifs is 1. The van der Waals surface area contributed by atoms with Crippen molar-refractivity contribution in [1.82, 2.24) is 0 Å². The molecule has 0 radical (unpaired) electrons. The summed E-state index contributed by atoms with van der Waals surface area (Å²) in [4.78, 5) is 26.8. The number of anilines is 1. The maximum absolute atomic E-state index is 12.9. The molecule has 27 heavy (non-hydrogen) atoms. The Morgan fingerprint density at radius 3 is 2.56 bits per heavy atom. The van der Waals surface area contributed by atoms with Crippen molar-refractivity contribution in [3.05, 3.63) is 26.6 Å². The Bertz CT molecular complexity index is 793. The molecular weight excluding hydrogens is 405 g/mol. The Hall–Kier alpha value is -1.04. The van der Waals surface area contributed by atoms with Crippen LogP contribution in [-0.4, -0.2) is 18.0 Å². The lowest BCUT2D eigenvalue weighted by Crippen LogP contribution is -2.20. The molecule has 1 heterocycles. The van der Waals surface area contributed by atoms with E-state index in [0.717, 1.165) is 31.2 Å². The number of hydrogen-bond acceptors (Lipinski definition) is 4. The maximum Gasteiger partial charge on any atom is 0.341 e. The lowest BCUT2D eigenvalue weighted by atomic mass is 9.95. The van der Waals surface area contributed by atoms with Crippen LogP contribution in [0.1, 0.15) is 61.3 Å². The van der Waals surface area contributed by atoms with E-state index >= 15 is 0 Å². The molecule has 1 aromatic heterocycles. The first-order valence-corrected chi connectivity index (χ1v) is 10.9. The standard InChI is InChI=1S/C20H25Cl2NO3S/c1-10(2)26-19(25)15-11-7-5-6-8-13(11)27-18(15)23-17(24)16-12(9-14(21)22)20(16,3)4/h9-10,12,16H,5-8H2,1-4H3,(H,23,24)/t12-,16-/m0/s1. The minimum atomic E-state index is -0.352. The zero-order valence-electron chi connectivity index (χ0n) is 16.0. The third kappa shape index (κ3) is 4.20. The number of rotatable bonds is 5. The molecule has 1 fully saturated rings. The largest absolute Gasteiger partial charge is 0.459 e. The molecule has 0 spiro atoms. The van der Waals surface area contributed by atoms with Gasteiger partial charge in [-0.25, -0.2) is 4.79 Å². The van der Waals surface area contributed by atoms with E-state index in [1.807, 2.05) is 27.7 Å². The summed E-state index contributed by atoms with van der Waals surface area (Å²) < 4.78 is 5.62. The van der Waals surface area contributed by atoms with Crippen LogP contribution in [0.4, 0.5) is 5.00 Å². The second kappa shape index (κ2) is 7.76. The Labute approximate surface area is 174 Å². The van der Waals surface area contributed by atoms with Gasteiger partial charge in [-0.3, -0.25) is 4.79 Å². The first kappa shape index (κ1) is 20.7. The fourth-order valence-electron chi connectivity index (χ4n) is 3.96. The number of allylic oxidation sites excluding steroid dienone is 1. The Balaban J connectivity index is 1.86. The average Bonchev–Trinajstić information content (AvgIpc) is 2.91. The molecule has 7 heteroatoms. The van der Waals surface area contributed by atoms with Crippen LogP contribution >= 0.6 is 34.5 Å². The molecule has 2 aliphatic rings. The minimum Gasteiger partial charge on any atom is -0.459 e. The molecule has 0 bridgehead atoms. The van der Waals surface area contributed by atoms with Gasteiger partial charge in [0.05, 0.1) is 17.6 Å². The van der Waals surface area contributed by atoms with Crippen molar-refractivity contribution in [2.24, 2.45) is 17.3 Å². The van der Waals surface area contributed by atoms with E-state index in [1.165, 1.54) is 16.2 Å². The van der Waals surface area contributed by atoms with Gasteiger partial charge in [-0.1, -0.05) is 37.0 Å². The Kier molecular flexibility index (Phi) is 5.95. The van der Waals surface area contributed by atoms with Gasteiger partial charge in [-0.05, 0) is 62.5 Å². The van der Waals surface area contributed by atoms with Crippen molar-refractivity contribution < 1.29 is 14.3 Å². The van der Waals surface area contributed by atoms with Gasteiger partial charge in [0.1, 0.15) is 9.49 Å². The second-order valence-electron chi connectivity index (χ2n) is 8.14. The topological polar surface area (TPSA) is 55.4 Å². The molecule has 1 saturated carbocycles. The van der Waals surface area contributed by atoms with Gasteiger partial charge >= 0.3 is 5.97 Å². The van der Waals surface area contributed by atoms with Crippen molar-refractivity contribution in [2.45, 2.75) is 59.5 Å². The monoisotopic (exact) mass is 429 g/mol. The van der Waals surface area contributed by atoms with E-state index < -0.39 is 0 Å². The molecule has 3 rings (SSSR count). The van der Waals surface area contributed by atoms with Gasteiger partial charge in [0.15, 0.2) is 0 Å². The second-order valence-corrected chi connectivity index (χ2v) is 10.3. The molecule has 0 aliphatic heterocycles. The van der Waals surface area contributed by atoms with E-state index in [1.54, 1.807) is 6.08 Å². The number of halogens is 2. The van der Waals surface area contributed by atoms with E-state index in [4.69, 9.17) is 27.9 Å². The highest BCUT2D eigenvalue weighted by Gasteiger charge is 2.60. The van der Waals surface area contributed by atoms with E-state index in [0.29, 0.717) is 10.6 Å². The molecule has 1 N–H and O–H groups in total. The number of ether oxygens (including phenoxy) is 1. The van der Waals surface area contributed by atoms with E-state index in [9.17, 15) is 9.59 Å². The van der Waals surface area contributed by atoms with Crippen LogP contribution < -0.4 is 5.32 Å². The lowest BCUT2D eigenvalue weighted by molar-refractivity contribution is -0.118. The van der Waals surface area contributed by atoms with Crippen LogP contribution in [0, 0.1) is 17.3 Å². The number of amides is 1. The molecule has 4 nitrogen and oxygen atoms in total. The molecule has 0 saturated heterocycles. The van der Waals surface area contributed by atoms with Gasteiger partial charge in [-0.2, -0.15) is 0 Å². The summed E-state index contributed by atoms with van der Waals surface area (Å²) in [5.41, 5.74) is 1.37. The third-order valence-electron chi connectivity index (χ3n) is 5.45. The Morgan fingerprint density at radius 1 is 1.26 bits per heavy atom. The smallest absolute Gasteiger partial charge is 0.341 e. The quantitative estimate of drug-likeness (QED) is 0.608. The molecule has 1 amide bonds.